The minimum atomic E-state index is -4.62. The summed E-state index contributed by atoms with van der Waals surface area (Å²) in [6.07, 6.45) is -3.43. The molecule has 0 heterocycles. The first-order valence-electron chi connectivity index (χ1n) is 8.05. The van der Waals surface area contributed by atoms with Gasteiger partial charge in [-0.05, 0) is 44.0 Å². The predicted molar refractivity (Wildman–Crippen MR) is 98.0 cm³/mol. The maximum Gasteiger partial charge on any atom is 0.418 e. The van der Waals surface area contributed by atoms with Crippen LogP contribution >= 0.6 is 0 Å². The third kappa shape index (κ3) is 4.88. The molecular weight excluding hydrogens is 355 g/mol. The van der Waals surface area contributed by atoms with E-state index in [0.29, 0.717) is 0 Å². The fraction of sp³-hybridized carbons (Fsp3) is 0.200. The summed E-state index contributed by atoms with van der Waals surface area (Å²) in [5, 5.41) is 14.3. The van der Waals surface area contributed by atoms with Crippen LogP contribution in [0.1, 0.15) is 22.3 Å². The number of rotatable bonds is 4. The summed E-state index contributed by atoms with van der Waals surface area (Å²) in [6, 6.07) is 10.2. The van der Waals surface area contributed by atoms with Crippen molar-refractivity contribution in [2.24, 2.45) is 0 Å². The largest absolute Gasteiger partial charge is 0.418 e. The van der Waals surface area contributed by atoms with Crippen LogP contribution in [0.25, 0.3) is 0 Å². The van der Waals surface area contributed by atoms with Gasteiger partial charge in [0.15, 0.2) is 0 Å². The van der Waals surface area contributed by atoms with Crippen LogP contribution in [0.2, 0.25) is 0 Å². The van der Waals surface area contributed by atoms with Crippen molar-refractivity contribution in [3.05, 3.63) is 70.4 Å². The van der Waals surface area contributed by atoms with Crippen molar-refractivity contribution < 1.29 is 18.0 Å². The van der Waals surface area contributed by atoms with Gasteiger partial charge in [-0.25, -0.2) is 0 Å². The number of nitrogens with one attached hydrogen (secondary N) is 2. The van der Waals surface area contributed by atoms with E-state index in [-0.39, 0.29) is 5.57 Å². The van der Waals surface area contributed by atoms with Gasteiger partial charge < -0.3 is 10.6 Å². The van der Waals surface area contributed by atoms with Gasteiger partial charge in [0.25, 0.3) is 5.91 Å². The lowest BCUT2D eigenvalue weighted by Gasteiger charge is -2.14. The van der Waals surface area contributed by atoms with Crippen LogP contribution in [0.15, 0.2) is 48.2 Å². The number of para-hydroxylation sites is 1. The van der Waals surface area contributed by atoms with Gasteiger partial charge in [-0.1, -0.05) is 29.8 Å². The highest BCUT2D eigenvalue weighted by atomic mass is 19.4. The number of carbonyl (C=O) groups is 1. The Hall–Kier alpha value is -3.27. The Kier molecular flexibility index (Phi) is 5.91. The van der Waals surface area contributed by atoms with Gasteiger partial charge in [-0.3, -0.25) is 4.79 Å². The van der Waals surface area contributed by atoms with Crippen molar-refractivity contribution in [1.29, 1.82) is 5.26 Å². The van der Waals surface area contributed by atoms with Crippen LogP contribution in [0.3, 0.4) is 0 Å². The number of amides is 1. The average molecular weight is 373 g/mol. The maximum atomic E-state index is 13.0. The topological polar surface area (TPSA) is 64.9 Å². The number of nitrogens with zero attached hydrogens (tertiary/aromatic N) is 1. The molecule has 0 spiro atoms. The van der Waals surface area contributed by atoms with E-state index in [1.807, 2.05) is 32.9 Å². The van der Waals surface area contributed by atoms with Crippen molar-refractivity contribution in [3.63, 3.8) is 0 Å². The summed E-state index contributed by atoms with van der Waals surface area (Å²) in [5.41, 5.74) is 1.92. The molecule has 27 heavy (non-hydrogen) atoms. The SMILES string of the molecule is Cc1cc(C)c(N/C=C(/C#N)C(=O)Nc2ccccc2C(F)(F)F)c(C)c1. The lowest BCUT2D eigenvalue weighted by Crippen LogP contribution is -2.18. The molecule has 0 aliphatic carbocycles. The molecule has 0 saturated carbocycles. The second-order valence-electron chi connectivity index (χ2n) is 6.09. The minimum Gasteiger partial charge on any atom is -0.360 e. The molecule has 0 unspecified atom stereocenters. The first-order valence-corrected chi connectivity index (χ1v) is 8.05. The van der Waals surface area contributed by atoms with E-state index < -0.39 is 23.3 Å². The summed E-state index contributed by atoms with van der Waals surface area (Å²) in [6.45, 7) is 5.70. The molecule has 0 aromatic heterocycles. The number of alkyl halides is 3. The highest BCUT2D eigenvalue weighted by Gasteiger charge is 2.33. The molecule has 2 rings (SSSR count). The molecule has 7 heteroatoms. The summed E-state index contributed by atoms with van der Waals surface area (Å²) < 4.78 is 39.1. The predicted octanol–water partition coefficient (Wildman–Crippen LogP) is 5.09. The van der Waals surface area contributed by atoms with E-state index in [1.165, 1.54) is 18.3 Å². The Balaban J connectivity index is 2.26. The third-order valence-electron chi connectivity index (χ3n) is 3.88. The number of aryl methyl sites for hydroxylation is 3. The molecule has 0 saturated heterocycles. The zero-order valence-corrected chi connectivity index (χ0v) is 15.0. The fourth-order valence-electron chi connectivity index (χ4n) is 2.73. The highest BCUT2D eigenvalue weighted by Crippen LogP contribution is 2.34. The number of carbonyl (C=O) groups excluding carboxylic acids is 1. The second kappa shape index (κ2) is 7.96. The van der Waals surface area contributed by atoms with Gasteiger partial charge in [0, 0.05) is 11.9 Å². The highest BCUT2D eigenvalue weighted by molar-refractivity contribution is 6.07. The Morgan fingerprint density at radius 2 is 1.70 bits per heavy atom. The van der Waals surface area contributed by atoms with E-state index in [1.54, 1.807) is 6.07 Å². The Morgan fingerprint density at radius 1 is 1.11 bits per heavy atom. The van der Waals surface area contributed by atoms with E-state index >= 15 is 0 Å². The van der Waals surface area contributed by atoms with Crippen LogP contribution in [0, 0.1) is 32.1 Å². The molecule has 0 atom stereocenters. The molecule has 1 amide bonds. The van der Waals surface area contributed by atoms with Gasteiger partial charge in [-0.2, -0.15) is 18.4 Å². The second-order valence-corrected chi connectivity index (χ2v) is 6.09. The van der Waals surface area contributed by atoms with Crippen molar-refractivity contribution in [2.75, 3.05) is 10.6 Å². The molecule has 2 aromatic rings. The van der Waals surface area contributed by atoms with E-state index in [9.17, 15) is 23.2 Å². The quantitative estimate of drug-likeness (QED) is 0.580. The molecule has 140 valence electrons. The summed E-state index contributed by atoms with van der Waals surface area (Å²) >= 11 is 0. The molecular formula is C20H18F3N3O. The summed E-state index contributed by atoms with van der Waals surface area (Å²) in [5.74, 6) is -0.927. The Morgan fingerprint density at radius 3 is 2.26 bits per heavy atom. The number of benzene rings is 2. The van der Waals surface area contributed by atoms with Gasteiger partial charge in [0.1, 0.15) is 11.6 Å². The first kappa shape index (κ1) is 20.0. The molecule has 0 radical (unpaired) electrons. The number of anilines is 2. The fourth-order valence-corrected chi connectivity index (χ4v) is 2.73. The van der Waals surface area contributed by atoms with Gasteiger partial charge in [-0.15, -0.1) is 0 Å². The van der Waals surface area contributed by atoms with Crippen molar-refractivity contribution >= 4 is 17.3 Å². The van der Waals surface area contributed by atoms with Crippen molar-refractivity contribution in [1.82, 2.24) is 0 Å². The van der Waals surface area contributed by atoms with Crippen LogP contribution in [0.4, 0.5) is 24.5 Å². The van der Waals surface area contributed by atoms with Crippen LogP contribution in [0.5, 0.6) is 0 Å². The average Bonchev–Trinajstić information content (AvgIpc) is 2.56. The Bertz CT molecular complexity index is 917. The normalized spacial score (nSPS) is 11.7. The van der Waals surface area contributed by atoms with Gasteiger partial charge >= 0.3 is 6.18 Å². The van der Waals surface area contributed by atoms with Crippen LogP contribution < -0.4 is 10.6 Å². The van der Waals surface area contributed by atoms with E-state index in [2.05, 4.69) is 10.6 Å². The molecule has 2 aromatic carbocycles. The van der Waals surface area contributed by atoms with E-state index in [4.69, 9.17) is 0 Å². The maximum absolute atomic E-state index is 13.0. The van der Waals surface area contributed by atoms with Crippen LogP contribution in [-0.4, -0.2) is 5.91 Å². The number of hydrogen-bond donors (Lipinski definition) is 2. The van der Waals surface area contributed by atoms with Gasteiger partial charge in [0.05, 0.1) is 11.3 Å². The van der Waals surface area contributed by atoms with Crippen molar-refractivity contribution in [3.8, 4) is 6.07 Å². The lowest BCUT2D eigenvalue weighted by molar-refractivity contribution is -0.137. The van der Waals surface area contributed by atoms with Crippen LogP contribution in [-0.2, 0) is 11.0 Å². The minimum absolute atomic E-state index is 0.341. The van der Waals surface area contributed by atoms with E-state index in [0.717, 1.165) is 34.5 Å². The van der Waals surface area contributed by atoms with Gasteiger partial charge in [0.2, 0.25) is 0 Å². The standard InChI is InChI=1S/C20H18F3N3O/c1-12-8-13(2)18(14(3)9-12)25-11-15(10-24)19(27)26-17-7-5-4-6-16(17)20(21,22)23/h4-9,11,25H,1-3H3,(H,26,27)/b15-11-. The molecule has 4 nitrogen and oxygen atoms in total. The Labute approximate surface area is 155 Å². The molecule has 0 aliphatic heterocycles. The summed E-state index contributed by atoms with van der Waals surface area (Å²) in [4.78, 5) is 12.3. The van der Waals surface area contributed by atoms with Crippen molar-refractivity contribution in [2.45, 2.75) is 26.9 Å². The molecule has 2 N–H and O–H groups in total. The third-order valence-corrected chi connectivity index (χ3v) is 3.88. The zero-order chi connectivity index (χ0) is 20.2. The molecule has 0 bridgehead atoms. The smallest absolute Gasteiger partial charge is 0.360 e. The number of halogens is 3. The monoisotopic (exact) mass is 373 g/mol. The summed E-state index contributed by atoms with van der Waals surface area (Å²) in [7, 11) is 0. The lowest BCUT2D eigenvalue weighted by atomic mass is 10.1. The molecule has 0 aliphatic rings. The number of nitriles is 1. The molecule has 0 fully saturated rings. The zero-order valence-electron chi connectivity index (χ0n) is 15.0. The first-order chi connectivity index (χ1) is 12.6. The number of hydrogen-bond acceptors (Lipinski definition) is 3.